The standard InChI is InChI=1S/C20H18F2N2O2S/c1-14-5-4-6-15(13-14)19(18-7-2-3-12-23-18)24-16-8-10-17(11-9-16)27(25,26)20(21)22/h2-13,19-20,24H,1H3. The van der Waals surface area contributed by atoms with E-state index in [9.17, 15) is 17.2 Å². The third kappa shape index (κ3) is 4.31. The Hall–Kier alpha value is -2.80. The minimum absolute atomic E-state index is 0.274. The molecule has 3 aromatic rings. The molecule has 1 unspecified atom stereocenters. The van der Waals surface area contributed by atoms with Crippen LogP contribution in [0, 0.1) is 6.92 Å². The number of halogens is 2. The van der Waals surface area contributed by atoms with Crippen molar-refractivity contribution in [3.05, 3.63) is 89.7 Å². The van der Waals surface area contributed by atoms with Gasteiger partial charge >= 0.3 is 5.76 Å². The highest BCUT2D eigenvalue weighted by molar-refractivity contribution is 7.91. The molecule has 140 valence electrons. The molecule has 0 amide bonds. The fraction of sp³-hybridized carbons (Fsp3) is 0.150. The molecule has 0 fully saturated rings. The maximum atomic E-state index is 12.7. The summed E-state index contributed by atoms with van der Waals surface area (Å²) < 4.78 is 48.5. The number of rotatable bonds is 6. The first-order chi connectivity index (χ1) is 12.9. The van der Waals surface area contributed by atoms with E-state index < -0.39 is 20.5 Å². The summed E-state index contributed by atoms with van der Waals surface area (Å²) in [5, 5.41) is 3.30. The number of aromatic nitrogens is 1. The monoisotopic (exact) mass is 388 g/mol. The van der Waals surface area contributed by atoms with Crippen LogP contribution in [0.4, 0.5) is 14.5 Å². The molecule has 0 radical (unpaired) electrons. The van der Waals surface area contributed by atoms with Gasteiger partial charge in [0.2, 0.25) is 9.84 Å². The molecule has 1 N–H and O–H groups in total. The fourth-order valence-corrected chi connectivity index (χ4v) is 3.46. The molecule has 3 rings (SSSR count). The van der Waals surface area contributed by atoms with Gasteiger partial charge in [0, 0.05) is 11.9 Å². The highest BCUT2D eigenvalue weighted by Crippen LogP contribution is 2.27. The van der Waals surface area contributed by atoms with Gasteiger partial charge in [0.25, 0.3) is 0 Å². The van der Waals surface area contributed by atoms with Crippen LogP contribution in [0.1, 0.15) is 22.9 Å². The molecule has 1 aromatic heterocycles. The van der Waals surface area contributed by atoms with Gasteiger partial charge in [0.1, 0.15) is 0 Å². The lowest BCUT2D eigenvalue weighted by molar-refractivity contribution is 0.234. The topological polar surface area (TPSA) is 59.1 Å². The summed E-state index contributed by atoms with van der Waals surface area (Å²) in [6.45, 7) is 1.99. The van der Waals surface area contributed by atoms with E-state index >= 15 is 0 Å². The zero-order valence-corrected chi connectivity index (χ0v) is 15.3. The third-order valence-corrected chi connectivity index (χ3v) is 5.49. The van der Waals surface area contributed by atoms with Gasteiger partial charge in [-0.2, -0.15) is 8.78 Å². The van der Waals surface area contributed by atoms with E-state index in [1.165, 1.54) is 24.3 Å². The summed E-state index contributed by atoms with van der Waals surface area (Å²) >= 11 is 0. The molecule has 7 heteroatoms. The molecular weight excluding hydrogens is 370 g/mol. The van der Waals surface area contributed by atoms with Crippen LogP contribution in [0.5, 0.6) is 0 Å². The molecule has 0 saturated heterocycles. The van der Waals surface area contributed by atoms with Gasteiger partial charge in [0.15, 0.2) is 0 Å². The Morgan fingerprint density at radius 1 is 0.963 bits per heavy atom. The summed E-state index contributed by atoms with van der Waals surface area (Å²) in [4.78, 5) is 3.99. The molecule has 1 heterocycles. The predicted octanol–water partition coefficient (Wildman–Crippen LogP) is 4.59. The number of hydrogen-bond donors (Lipinski definition) is 1. The first-order valence-electron chi connectivity index (χ1n) is 8.24. The van der Waals surface area contributed by atoms with Crippen LogP contribution < -0.4 is 5.32 Å². The molecule has 0 spiro atoms. The third-order valence-electron chi connectivity index (χ3n) is 4.09. The van der Waals surface area contributed by atoms with Crippen molar-refractivity contribution in [3.63, 3.8) is 0 Å². The SMILES string of the molecule is Cc1cccc(C(Nc2ccc(S(=O)(=O)C(F)F)cc2)c2ccccn2)c1. The maximum absolute atomic E-state index is 12.7. The second kappa shape index (κ2) is 7.84. The maximum Gasteiger partial charge on any atom is 0.341 e. The molecule has 2 aromatic carbocycles. The smallest absolute Gasteiger partial charge is 0.341 e. The Balaban J connectivity index is 1.93. The average Bonchev–Trinajstić information content (AvgIpc) is 2.67. The van der Waals surface area contributed by atoms with Crippen LogP contribution in [0.25, 0.3) is 0 Å². The number of anilines is 1. The van der Waals surface area contributed by atoms with Crippen molar-refractivity contribution in [3.8, 4) is 0 Å². The van der Waals surface area contributed by atoms with Crippen molar-refractivity contribution in [1.29, 1.82) is 0 Å². The lowest BCUT2D eigenvalue weighted by atomic mass is 10.0. The van der Waals surface area contributed by atoms with Crippen molar-refractivity contribution in [2.24, 2.45) is 0 Å². The Kier molecular flexibility index (Phi) is 5.51. The largest absolute Gasteiger partial charge is 0.373 e. The molecule has 4 nitrogen and oxygen atoms in total. The van der Waals surface area contributed by atoms with Crippen molar-refractivity contribution >= 4 is 15.5 Å². The lowest BCUT2D eigenvalue weighted by Crippen LogP contribution is -2.14. The molecule has 0 aliphatic rings. The number of nitrogens with zero attached hydrogens (tertiary/aromatic N) is 1. The van der Waals surface area contributed by atoms with E-state index in [4.69, 9.17) is 0 Å². The average molecular weight is 388 g/mol. The van der Waals surface area contributed by atoms with Crippen molar-refractivity contribution in [1.82, 2.24) is 4.98 Å². The van der Waals surface area contributed by atoms with Crippen molar-refractivity contribution in [2.45, 2.75) is 23.6 Å². The molecule has 0 aliphatic heterocycles. The lowest BCUT2D eigenvalue weighted by Gasteiger charge is -2.20. The predicted molar refractivity (Wildman–Crippen MR) is 101 cm³/mol. The van der Waals surface area contributed by atoms with Gasteiger partial charge < -0.3 is 5.32 Å². The van der Waals surface area contributed by atoms with Crippen molar-refractivity contribution < 1.29 is 17.2 Å². The minimum atomic E-state index is -4.61. The fourth-order valence-electron chi connectivity index (χ4n) is 2.73. The van der Waals surface area contributed by atoms with Crippen LogP contribution >= 0.6 is 0 Å². The van der Waals surface area contributed by atoms with E-state index in [1.54, 1.807) is 6.20 Å². The zero-order valence-electron chi connectivity index (χ0n) is 14.5. The number of sulfone groups is 1. The molecule has 27 heavy (non-hydrogen) atoms. The summed E-state index contributed by atoms with van der Waals surface area (Å²) in [6.07, 6.45) is 1.69. The first kappa shape index (κ1) is 19.0. The van der Waals surface area contributed by atoms with E-state index in [1.807, 2.05) is 49.4 Å². The number of aryl methyl sites for hydroxylation is 1. The Morgan fingerprint density at radius 2 is 1.70 bits per heavy atom. The quantitative estimate of drug-likeness (QED) is 0.671. The molecular formula is C20H18F2N2O2S. The number of nitrogens with one attached hydrogen (secondary N) is 1. The molecule has 0 saturated carbocycles. The Morgan fingerprint density at radius 3 is 2.30 bits per heavy atom. The zero-order chi connectivity index (χ0) is 19.4. The number of pyridine rings is 1. The van der Waals surface area contributed by atoms with E-state index in [0.29, 0.717) is 5.69 Å². The van der Waals surface area contributed by atoms with Crippen LogP contribution in [0.3, 0.4) is 0 Å². The Bertz CT molecular complexity index is 1010. The van der Waals surface area contributed by atoms with Gasteiger partial charge in [-0.05, 0) is 48.9 Å². The molecule has 1 atom stereocenters. The van der Waals surface area contributed by atoms with Gasteiger partial charge in [-0.3, -0.25) is 4.98 Å². The van der Waals surface area contributed by atoms with Crippen LogP contribution in [-0.4, -0.2) is 19.2 Å². The van der Waals surface area contributed by atoms with Gasteiger partial charge in [-0.1, -0.05) is 35.9 Å². The van der Waals surface area contributed by atoms with Crippen LogP contribution in [0.2, 0.25) is 0 Å². The second-order valence-corrected chi connectivity index (χ2v) is 7.99. The Labute approximate surface area is 156 Å². The van der Waals surface area contributed by atoms with Gasteiger partial charge in [-0.15, -0.1) is 0 Å². The number of benzene rings is 2. The van der Waals surface area contributed by atoms with Crippen LogP contribution in [-0.2, 0) is 9.84 Å². The summed E-state index contributed by atoms with van der Waals surface area (Å²) in [5.74, 6) is -3.44. The second-order valence-electron chi connectivity index (χ2n) is 6.08. The van der Waals surface area contributed by atoms with Crippen LogP contribution in [0.15, 0.2) is 77.8 Å². The highest BCUT2D eigenvalue weighted by atomic mass is 32.2. The van der Waals surface area contributed by atoms with E-state index in [0.717, 1.165) is 16.8 Å². The van der Waals surface area contributed by atoms with Gasteiger partial charge in [0.05, 0.1) is 16.6 Å². The van der Waals surface area contributed by atoms with Crippen molar-refractivity contribution in [2.75, 3.05) is 5.32 Å². The van der Waals surface area contributed by atoms with E-state index in [-0.39, 0.29) is 6.04 Å². The summed E-state index contributed by atoms with van der Waals surface area (Å²) in [6, 6.07) is 18.5. The first-order valence-corrected chi connectivity index (χ1v) is 9.79. The normalized spacial score (nSPS) is 12.7. The van der Waals surface area contributed by atoms with E-state index in [2.05, 4.69) is 10.3 Å². The summed E-state index contributed by atoms with van der Waals surface area (Å²) in [5.41, 5.74) is 3.46. The van der Waals surface area contributed by atoms with Gasteiger partial charge in [-0.25, -0.2) is 8.42 Å². The molecule has 0 aliphatic carbocycles. The summed E-state index contributed by atoms with van der Waals surface area (Å²) in [7, 11) is -4.61. The molecule has 0 bridgehead atoms. The minimum Gasteiger partial charge on any atom is -0.373 e. The number of hydrogen-bond acceptors (Lipinski definition) is 4. The highest BCUT2D eigenvalue weighted by Gasteiger charge is 2.26. The number of alkyl halides is 2.